The van der Waals surface area contributed by atoms with Crippen LogP contribution in [0.1, 0.15) is 30.7 Å². The zero-order valence-corrected chi connectivity index (χ0v) is 11.8. The van der Waals surface area contributed by atoms with Gasteiger partial charge >= 0.3 is 0 Å². The van der Waals surface area contributed by atoms with Gasteiger partial charge in [-0.05, 0) is 35.7 Å². The first kappa shape index (κ1) is 13.8. The topological polar surface area (TPSA) is 26.0 Å². The minimum absolute atomic E-state index is 0. The van der Waals surface area contributed by atoms with E-state index >= 15 is 0 Å². The molecule has 2 rings (SSSR count). The maximum atomic E-state index is 13.5. The van der Waals surface area contributed by atoms with Crippen LogP contribution < -0.4 is 5.73 Å². The molecule has 0 spiro atoms. The second-order valence-electron chi connectivity index (χ2n) is 4.04. The zero-order chi connectivity index (χ0) is 10.8. The summed E-state index contributed by atoms with van der Waals surface area (Å²) < 4.78 is 26.5. The van der Waals surface area contributed by atoms with Crippen molar-refractivity contribution in [3.05, 3.63) is 41.8 Å². The molecule has 0 bridgehead atoms. The molecule has 0 radical (unpaired) electrons. The fourth-order valence-corrected chi connectivity index (χ4v) is 2.17. The minimum Gasteiger partial charge on any atom is -0.330 e. The first-order valence-electron chi connectivity index (χ1n) is 5.20. The Kier molecular flexibility index (Phi) is 5.07. The van der Waals surface area contributed by atoms with Crippen LogP contribution in [0.5, 0.6) is 0 Å². The molecule has 2 atom stereocenters. The van der Waals surface area contributed by atoms with Crippen molar-refractivity contribution in [3.8, 4) is 0 Å². The molecule has 1 aromatic carbocycles. The van der Waals surface area contributed by atoms with Gasteiger partial charge in [-0.2, -0.15) is 12.8 Å². The molecule has 88 valence electrons. The molecule has 4 heteroatoms. The molecule has 0 aromatic heterocycles. The maximum absolute atomic E-state index is 13.5. The van der Waals surface area contributed by atoms with Gasteiger partial charge in [0.1, 0.15) is 11.6 Å². The number of rotatable bonds is 1. The molecular weight excluding hydrogens is 380 g/mol. The van der Waals surface area contributed by atoms with E-state index in [1.807, 2.05) is 0 Å². The van der Waals surface area contributed by atoms with Crippen LogP contribution in [0.3, 0.4) is 0 Å². The first-order chi connectivity index (χ1) is 7.18. The third-order valence-corrected chi connectivity index (χ3v) is 2.99. The van der Waals surface area contributed by atoms with Gasteiger partial charge in [-0.1, -0.05) is 6.42 Å². The van der Waals surface area contributed by atoms with Gasteiger partial charge in [0.2, 0.25) is 0 Å². The Hall–Kier alpha value is -0.272. The third kappa shape index (κ3) is 2.89. The van der Waals surface area contributed by atoms with Gasteiger partial charge in [-0.15, -0.1) is 0 Å². The van der Waals surface area contributed by atoms with Crippen LogP contribution in [0.15, 0.2) is 18.2 Å². The number of nitrogens with two attached hydrogens (primary N) is 1. The second kappa shape index (κ2) is 5.88. The van der Waals surface area contributed by atoms with Gasteiger partial charge in [-0.3, -0.25) is 0 Å². The maximum Gasteiger partial charge on any atom is 0.126 e. The summed E-state index contributed by atoms with van der Waals surface area (Å²) in [6, 6.07) is 3.50. The molecule has 16 heavy (non-hydrogen) atoms. The monoisotopic (exact) mass is 394 g/mol. The molecule has 0 heterocycles. The Balaban J connectivity index is 0.00000128. The van der Waals surface area contributed by atoms with E-state index in [4.69, 9.17) is 5.73 Å². The number of hydrogen-bond donors (Lipinski definition) is 1. The summed E-state index contributed by atoms with van der Waals surface area (Å²) in [5.74, 6) is -0.794. The second-order valence-corrected chi connectivity index (χ2v) is 4.04. The fraction of sp³-hybridized carbons (Fsp3) is 0.417. The smallest absolute Gasteiger partial charge is 0.126 e. The molecule has 2 N–H and O–H groups in total. The summed E-state index contributed by atoms with van der Waals surface area (Å²) in [7, 11) is 0. The van der Waals surface area contributed by atoms with Crippen molar-refractivity contribution < 1.29 is 29.8 Å². The van der Waals surface area contributed by atoms with Gasteiger partial charge in [-0.25, -0.2) is 8.78 Å². The normalized spacial score (nSPS) is 24.9. The van der Waals surface area contributed by atoms with Crippen molar-refractivity contribution in [2.75, 3.05) is 0 Å². The van der Waals surface area contributed by atoms with E-state index in [0.29, 0.717) is 5.56 Å². The van der Waals surface area contributed by atoms with Gasteiger partial charge in [0.25, 0.3) is 0 Å². The minimum atomic E-state index is -0.395. The van der Waals surface area contributed by atoms with Crippen LogP contribution in [0.25, 0.3) is 0 Å². The molecule has 1 saturated carbocycles. The van der Waals surface area contributed by atoms with E-state index in [-0.39, 0.29) is 38.8 Å². The average molecular weight is 394 g/mol. The fourth-order valence-electron chi connectivity index (χ4n) is 2.17. The first-order valence-corrected chi connectivity index (χ1v) is 5.20. The zero-order valence-electron chi connectivity index (χ0n) is 8.83. The Morgan fingerprint density at radius 3 is 2.75 bits per heavy atom. The van der Waals surface area contributed by atoms with Crippen LogP contribution in [0.2, 0.25) is 0 Å². The van der Waals surface area contributed by atoms with E-state index in [9.17, 15) is 8.78 Å². The van der Waals surface area contributed by atoms with Gasteiger partial charge in [0, 0.05) is 21.1 Å². The van der Waals surface area contributed by atoms with Crippen LogP contribution >= 0.6 is 0 Å². The molecule has 1 nitrogen and oxygen atoms in total. The summed E-state index contributed by atoms with van der Waals surface area (Å²) in [5, 5.41) is 0. The van der Waals surface area contributed by atoms with Crippen molar-refractivity contribution in [1.29, 1.82) is 0 Å². The van der Waals surface area contributed by atoms with E-state index in [2.05, 4.69) is 6.42 Å². The molecule has 0 amide bonds. The van der Waals surface area contributed by atoms with E-state index in [1.165, 1.54) is 12.1 Å². The Morgan fingerprint density at radius 1 is 1.31 bits per heavy atom. The van der Waals surface area contributed by atoms with Crippen molar-refractivity contribution in [2.45, 2.75) is 31.2 Å². The molecular formula is C12H14F2NW-. The molecule has 0 saturated heterocycles. The predicted molar refractivity (Wildman–Crippen MR) is 55.2 cm³/mol. The molecule has 1 unspecified atom stereocenters. The van der Waals surface area contributed by atoms with E-state index in [0.717, 1.165) is 25.3 Å². The van der Waals surface area contributed by atoms with E-state index in [1.54, 1.807) is 0 Å². The van der Waals surface area contributed by atoms with Crippen LogP contribution in [0.4, 0.5) is 8.78 Å². The largest absolute Gasteiger partial charge is 0.330 e. The molecule has 1 aliphatic carbocycles. The number of benzene rings is 1. The summed E-state index contributed by atoms with van der Waals surface area (Å²) in [5.41, 5.74) is 6.34. The van der Waals surface area contributed by atoms with Crippen LogP contribution in [-0.4, -0.2) is 6.04 Å². The van der Waals surface area contributed by atoms with Crippen molar-refractivity contribution >= 4 is 0 Å². The Labute approximate surface area is 109 Å². The summed E-state index contributed by atoms with van der Waals surface area (Å²) in [6.45, 7) is 0. The third-order valence-electron chi connectivity index (χ3n) is 2.99. The summed E-state index contributed by atoms with van der Waals surface area (Å²) in [6.07, 6.45) is 4.62. The van der Waals surface area contributed by atoms with Gasteiger partial charge < -0.3 is 12.2 Å². The summed E-state index contributed by atoms with van der Waals surface area (Å²) >= 11 is 0. The van der Waals surface area contributed by atoms with Gasteiger partial charge in [0.15, 0.2) is 0 Å². The SMILES string of the molecule is N[C@H]1C[CH-]CCC1c1cc(F)ccc1F.[W]. The van der Waals surface area contributed by atoms with Crippen LogP contribution in [-0.2, 0) is 21.1 Å². The van der Waals surface area contributed by atoms with Crippen molar-refractivity contribution in [1.82, 2.24) is 0 Å². The molecule has 0 aliphatic heterocycles. The van der Waals surface area contributed by atoms with E-state index < -0.39 is 5.82 Å². The molecule has 1 aromatic rings. The predicted octanol–water partition coefficient (Wildman–Crippen LogP) is 2.76. The number of halogens is 2. The number of hydrogen-bond acceptors (Lipinski definition) is 1. The standard InChI is InChI=1S/C12H14F2N.W/c13-8-5-6-11(14)10(7-8)9-3-1-2-4-12(9)15;/h2,5-7,9,12H,1,3-4,15H2;/q-1;/t9?,12-;/m0./s1. The Bertz CT molecular complexity index is 357. The van der Waals surface area contributed by atoms with Gasteiger partial charge in [0.05, 0.1) is 0 Å². The van der Waals surface area contributed by atoms with Crippen molar-refractivity contribution in [2.24, 2.45) is 5.73 Å². The molecule has 1 aliphatic rings. The summed E-state index contributed by atoms with van der Waals surface area (Å²) in [4.78, 5) is 0. The quantitative estimate of drug-likeness (QED) is 0.729. The van der Waals surface area contributed by atoms with Crippen molar-refractivity contribution in [3.63, 3.8) is 0 Å². The van der Waals surface area contributed by atoms with Crippen LogP contribution in [0, 0.1) is 18.1 Å². The average Bonchev–Trinajstić information content (AvgIpc) is 2.23. The molecule has 1 fully saturated rings. The Morgan fingerprint density at radius 2 is 2.06 bits per heavy atom.